The molecule has 4 rings (SSSR count). The standard InChI is InChI=1S/C25H26F6N2OS/c1-35-19-15-17(24(26,27)28)14-18(25(29,30)31)20(19)22(34)32-21(16-8-3-2-4-9-16)23(10-7-11-23)33-12-5-6-13-33/h2-4,8-9,14-15,21H,5-7,10-13H2,1H3,(H,32,34). The number of nitrogens with zero attached hydrogens (tertiary/aromatic N) is 1. The normalized spacial score (nSPS) is 19.3. The third kappa shape index (κ3) is 5.05. The van der Waals surface area contributed by atoms with Crippen LogP contribution in [0.3, 0.4) is 0 Å². The molecule has 0 aromatic heterocycles. The molecule has 190 valence electrons. The quantitative estimate of drug-likeness (QED) is 0.334. The predicted octanol–water partition coefficient (Wildman–Crippen LogP) is 6.94. The van der Waals surface area contributed by atoms with Crippen LogP contribution in [0.1, 0.15) is 65.2 Å². The van der Waals surface area contributed by atoms with Gasteiger partial charge in [-0.15, -0.1) is 11.8 Å². The summed E-state index contributed by atoms with van der Waals surface area (Å²) in [6, 6.07) is 9.13. The number of carbonyl (C=O) groups excluding carboxylic acids is 1. The number of alkyl halides is 6. The highest BCUT2D eigenvalue weighted by atomic mass is 32.2. The van der Waals surface area contributed by atoms with E-state index in [1.54, 1.807) is 12.1 Å². The van der Waals surface area contributed by atoms with Gasteiger partial charge in [0.1, 0.15) is 0 Å². The van der Waals surface area contributed by atoms with Gasteiger partial charge < -0.3 is 5.32 Å². The van der Waals surface area contributed by atoms with Crippen molar-refractivity contribution >= 4 is 17.7 Å². The van der Waals surface area contributed by atoms with E-state index in [1.807, 2.05) is 18.2 Å². The summed E-state index contributed by atoms with van der Waals surface area (Å²) < 4.78 is 81.8. The molecule has 1 N–H and O–H groups in total. The first-order valence-corrected chi connectivity index (χ1v) is 12.7. The molecule has 1 aliphatic heterocycles. The van der Waals surface area contributed by atoms with Crippen LogP contribution in [0, 0.1) is 0 Å². The molecular formula is C25H26F6N2OS. The zero-order chi connectivity index (χ0) is 25.4. The maximum absolute atomic E-state index is 13.9. The number of hydrogen-bond donors (Lipinski definition) is 1. The van der Waals surface area contributed by atoms with Gasteiger partial charge in [0.2, 0.25) is 0 Å². The number of nitrogens with one attached hydrogen (secondary N) is 1. The molecule has 10 heteroatoms. The minimum absolute atomic E-state index is 0.0335. The molecule has 35 heavy (non-hydrogen) atoms. The van der Waals surface area contributed by atoms with Crippen molar-refractivity contribution in [2.45, 2.75) is 60.9 Å². The van der Waals surface area contributed by atoms with Gasteiger partial charge in [0.05, 0.1) is 22.7 Å². The summed E-state index contributed by atoms with van der Waals surface area (Å²) in [5, 5.41) is 2.84. The average Bonchev–Trinajstić information content (AvgIpc) is 3.31. The monoisotopic (exact) mass is 516 g/mol. The second kappa shape index (κ2) is 9.69. The van der Waals surface area contributed by atoms with Crippen LogP contribution in [0.5, 0.6) is 0 Å². The largest absolute Gasteiger partial charge is 0.417 e. The van der Waals surface area contributed by atoms with Crippen LogP contribution < -0.4 is 5.32 Å². The van der Waals surface area contributed by atoms with Crippen LogP contribution >= 0.6 is 11.8 Å². The minimum Gasteiger partial charge on any atom is -0.343 e. The lowest BCUT2D eigenvalue weighted by Crippen LogP contribution is -2.60. The smallest absolute Gasteiger partial charge is 0.343 e. The van der Waals surface area contributed by atoms with Gasteiger partial charge in [-0.25, -0.2) is 0 Å². The summed E-state index contributed by atoms with van der Waals surface area (Å²) in [6.07, 6.45) is -4.25. The maximum Gasteiger partial charge on any atom is 0.417 e. The van der Waals surface area contributed by atoms with Crippen molar-refractivity contribution in [3.8, 4) is 0 Å². The molecule has 0 bridgehead atoms. The zero-order valence-corrected chi connectivity index (χ0v) is 19.9. The van der Waals surface area contributed by atoms with Crippen molar-refractivity contribution in [2.24, 2.45) is 0 Å². The first kappa shape index (κ1) is 25.9. The van der Waals surface area contributed by atoms with Crippen LogP contribution in [0.2, 0.25) is 0 Å². The van der Waals surface area contributed by atoms with Crippen molar-refractivity contribution in [1.82, 2.24) is 10.2 Å². The maximum atomic E-state index is 13.9. The van der Waals surface area contributed by atoms with Crippen LogP contribution in [-0.2, 0) is 12.4 Å². The van der Waals surface area contributed by atoms with Gasteiger partial charge in [0, 0.05) is 10.4 Å². The minimum atomic E-state index is -5.14. The molecule has 1 saturated heterocycles. The molecule has 2 aliphatic rings. The van der Waals surface area contributed by atoms with Gasteiger partial charge in [-0.2, -0.15) is 26.3 Å². The summed E-state index contributed by atoms with van der Waals surface area (Å²) in [4.78, 5) is 15.5. The van der Waals surface area contributed by atoms with E-state index in [1.165, 1.54) is 6.26 Å². The Morgan fingerprint density at radius 1 is 0.971 bits per heavy atom. The molecule has 0 spiro atoms. The van der Waals surface area contributed by atoms with Crippen molar-refractivity contribution in [2.75, 3.05) is 19.3 Å². The average molecular weight is 517 g/mol. The SMILES string of the molecule is CSc1cc(C(F)(F)F)cc(C(F)(F)F)c1C(=O)NC(c1ccccc1)C1(N2CCCC2)CCC1. The molecule has 0 radical (unpaired) electrons. The molecule has 2 aromatic rings. The fourth-order valence-corrected chi connectivity index (χ4v) is 5.92. The van der Waals surface area contributed by atoms with Gasteiger partial charge in [-0.05, 0) is 69.1 Å². The first-order chi connectivity index (χ1) is 16.5. The summed E-state index contributed by atoms with van der Waals surface area (Å²) in [5.41, 5.74) is -3.45. The number of halogens is 6. The third-order valence-electron chi connectivity index (χ3n) is 7.08. The molecule has 1 unspecified atom stereocenters. The fraction of sp³-hybridized carbons (Fsp3) is 0.480. The molecule has 1 aliphatic carbocycles. The van der Waals surface area contributed by atoms with Gasteiger partial charge in [0.15, 0.2) is 0 Å². The Balaban J connectivity index is 1.80. The highest BCUT2D eigenvalue weighted by molar-refractivity contribution is 7.98. The van der Waals surface area contributed by atoms with Crippen LogP contribution in [0.15, 0.2) is 47.4 Å². The lowest BCUT2D eigenvalue weighted by molar-refractivity contribution is -0.143. The van der Waals surface area contributed by atoms with E-state index in [-0.39, 0.29) is 11.0 Å². The number of likely N-dealkylation sites (tertiary alicyclic amines) is 1. The number of benzene rings is 2. The van der Waals surface area contributed by atoms with Gasteiger partial charge in [-0.3, -0.25) is 9.69 Å². The van der Waals surface area contributed by atoms with Crippen molar-refractivity contribution < 1.29 is 31.1 Å². The number of thioether (sulfide) groups is 1. The molecule has 1 amide bonds. The number of hydrogen-bond acceptors (Lipinski definition) is 3. The Morgan fingerprint density at radius 3 is 2.09 bits per heavy atom. The van der Waals surface area contributed by atoms with Gasteiger partial charge in [-0.1, -0.05) is 30.3 Å². The van der Waals surface area contributed by atoms with E-state index >= 15 is 0 Å². The van der Waals surface area contributed by atoms with E-state index in [0.717, 1.165) is 50.8 Å². The molecule has 2 aromatic carbocycles. The molecule has 1 heterocycles. The lowest BCUT2D eigenvalue weighted by atomic mass is 9.68. The summed E-state index contributed by atoms with van der Waals surface area (Å²) in [7, 11) is 0. The molecule has 1 saturated carbocycles. The summed E-state index contributed by atoms with van der Waals surface area (Å²) >= 11 is 0.689. The lowest BCUT2D eigenvalue weighted by Gasteiger charge is -2.54. The second-order valence-electron chi connectivity index (χ2n) is 9.07. The third-order valence-corrected chi connectivity index (χ3v) is 7.84. The first-order valence-electron chi connectivity index (χ1n) is 11.4. The fourth-order valence-electron chi connectivity index (χ4n) is 5.26. The number of amides is 1. The van der Waals surface area contributed by atoms with Gasteiger partial charge in [0.25, 0.3) is 5.91 Å². The van der Waals surface area contributed by atoms with E-state index < -0.39 is 46.5 Å². The summed E-state index contributed by atoms with van der Waals surface area (Å²) in [5.74, 6) is -1.02. The topological polar surface area (TPSA) is 32.3 Å². The number of rotatable bonds is 6. The van der Waals surface area contributed by atoms with E-state index in [0.29, 0.717) is 17.8 Å². The van der Waals surface area contributed by atoms with Crippen molar-refractivity contribution in [1.29, 1.82) is 0 Å². The Hall–Kier alpha value is -2.20. The molecular weight excluding hydrogens is 490 g/mol. The molecule has 2 fully saturated rings. The van der Waals surface area contributed by atoms with E-state index in [4.69, 9.17) is 0 Å². The zero-order valence-electron chi connectivity index (χ0n) is 19.1. The van der Waals surface area contributed by atoms with Crippen LogP contribution in [0.4, 0.5) is 26.3 Å². The van der Waals surface area contributed by atoms with Crippen molar-refractivity contribution in [3.63, 3.8) is 0 Å². The Morgan fingerprint density at radius 2 is 1.60 bits per heavy atom. The predicted molar refractivity (Wildman–Crippen MR) is 122 cm³/mol. The van der Waals surface area contributed by atoms with Crippen LogP contribution in [-0.4, -0.2) is 35.7 Å². The van der Waals surface area contributed by atoms with Crippen LogP contribution in [0.25, 0.3) is 0 Å². The van der Waals surface area contributed by atoms with Crippen molar-refractivity contribution in [3.05, 3.63) is 64.7 Å². The molecule has 1 atom stereocenters. The molecule has 3 nitrogen and oxygen atoms in total. The Bertz CT molecular complexity index is 1060. The summed E-state index contributed by atoms with van der Waals surface area (Å²) in [6.45, 7) is 1.67. The second-order valence-corrected chi connectivity index (χ2v) is 9.91. The van der Waals surface area contributed by atoms with E-state index in [9.17, 15) is 31.1 Å². The van der Waals surface area contributed by atoms with E-state index in [2.05, 4.69) is 10.2 Å². The Labute approximate surface area is 204 Å². The van der Waals surface area contributed by atoms with Gasteiger partial charge >= 0.3 is 12.4 Å². The highest BCUT2D eigenvalue weighted by Crippen LogP contribution is 2.49. The highest BCUT2D eigenvalue weighted by Gasteiger charge is 2.51. The number of carbonyl (C=O) groups is 1. The Kier molecular flexibility index (Phi) is 7.16.